The summed E-state index contributed by atoms with van der Waals surface area (Å²) >= 11 is 0. The summed E-state index contributed by atoms with van der Waals surface area (Å²) in [4.78, 5) is 22.3. The molecule has 3 aromatic rings. The summed E-state index contributed by atoms with van der Waals surface area (Å²) in [6.07, 6.45) is 1.65. The summed E-state index contributed by atoms with van der Waals surface area (Å²) in [7, 11) is 0. The Labute approximate surface area is 131 Å². The number of amides is 1. The Bertz CT molecular complexity index is 830. The molecule has 2 aromatic carbocycles. The summed E-state index contributed by atoms with van der Waals surface area (Å²) in [5.74, 6) is -1.53. The van der Waals surface area contributed by atoms with E-state index in [1.54, 1.807) is 42.6 Å². The van der Waals surface area contributed by atoms with Crippen LogP contribution in [0.4, 0.5) is 0 Å². The third-order valence-electron chi connectivity index (χ3n) is 3.29. The minimum atomic E-state index is -1.01. The van der Waals surface area contributed by atoms with Gasteiger partial charge in [-0.25, -0.2) is 9.48 Å². The van der Waals surface area contributed by atoms with Crippen molar-refractivity contribution in [3.63, 3.8) is 0 Å². The van der Waals surface area contributed by atoms with Crippen LogP contribution in [0.5, 0.6) is 0 Å². The van der Waals surface area contributed by atoms with Crippen LogP contribution in [0.1, 0.15) is 20.7 Å². The summed E-state index contributed by atoms with van der Waals surface area (Å²) in [5.41, 5.74) is 7.63. The minimum absolute atomic E-state index is 0.162. The fraction of sp³-hybridized carbons (Fsp3) is 0. The SMILES string of the molecule is NC(=O)c1cccc(-c2cn(-c3cccc(C(=O)O)c3)nn2)c1. The van der Waals surface area contributed by atoms with E-state index in [4.69, 9.17) is 10.8 Å². The van der Waals surface area contributed by atoms with Gasteiger partial charge < -0.3 is 10.8 Å². The maximum atomic E-state index is 11.2. The van der Waals surface area contributed by atoms with Crippen LogP contribution in [0.25, 0.3) is 16.9 Å². The van der Waals surface area contributed by atoms with E-state index < -0.39 is 11.9 Å². The van der Waals surface area contributed by atoms with E-state index >= 15 is 0 Å². The highest BCUT2D eigenvalue weighted by atomic mass is 16.4. The van der Waals surface area contributed by atoms with Crippen LogP contribution in [0.2, 0.25) is 0 Å². The predicted octanol–water partition coefficient (Wildman–Crippen LogP) is 1.73. The maximum absolute atomic E-state index is 11.2. The van der Waals surface area contributed by atoms with Gasteiger partial charge in [-0.3, -0.25) is 4.79 Å². The van der Waals surface area contributed by atoms with Gasteiger partial charge >= 0.3 is 5.97 Å². The molecule has 0 aliphatic heterocycles. The first-order valence-electron chi connectivity index (χ1n) is 6.71. The molecular formula is C16H12N4O3. The number of nitrogens with zero attached hydrogens (tertiary/aromatic N) is 3. The monoisotopic (exact) mass is 308 g/mol. The molecule has 1 heterocycles. The molecular weight excluding hydrogens is 296 g/mol. The van der Waals surface area contributed by atoms with Gasteiger partial charge in [0.1, 0.15) is 5.69 Å². The highest BCUT2D eigenvalue weighted by Gasteiger charge is 2.09. The summed E-state index contributed by atoms with van der Waals surface area (Å²) in [5, 5.41) is 17.1. The van der Waals surface area contributed by atoms with E-state index in [1.165, 1.54) is 16.8 Å². The molecule has 3 rings (SSSR count). The Balaban J connectivity index is 1.97. The molecule has 7 heteroatoms. The van der Waals surface area contributed by atoms with E-state index in [0.717, 1.165) is 0 Å². The number of carboxylic acid groups (broad SMARTS) is 1. The molecule has 0 atom stereocenters. The molecule has 1 aromatic heterocycles. The number of nitrogens with two attached hydrogens (primary N) is 1. The standard InChI is InChI=1S/C16H12N4O3/c17-15(21)11-4-1-3-10(7-11)14-9-20(19-18-14)13-6-2-5-12(8-13)16(22)23/h1-9H,(H2,17,21)(H,22,23). The van der Waals surface area contributed by atoms with Gasteiger partial charge in [-0.15, -0.1) is 5.10 Å². The lowest BCUT2D eigenvalue weighted by Gasteiger charge is -2.01. The molecule has 0 aliphatic rings. The normalized spacial score (nSPS) is 10.4. The molecule has 1 amide bonds. The molecule has 0 spiro atoms. The average Bonchev–Trinajstić information content (AvgIpc) is 3.05. The molecule has 7 nitrogen and oxygen atoms in total. The van der Waals surface area contributed by atoms with Crippen molar-refractivity contribution in [3.05, 3.63) is 65.9 Å². The van der Waals surface area contributed by atoms with Crippen molar-refractivity contribution in [2.45, 2.75) is 0 Å². The Kier molecular flexibility index (Phi) is 3.60. The Hall–Kier alpha value is -3.48. The van der Waals surface area contributed by atoms with Gasteiger partial charge in [0.05, 0.1) is 17.4 Å². The molecule has 23 heavy (non-hydrogen) atoms. The zero-order valence-electron chi connectivity index (χ0n) is 11.9. The molecule has 0 bridgehead atoms. The van der Waals surface area contributed by atoms with Crippen LogP contribution in [0.15, 0.2) is 54.7 Å². The third-order valence-corrected chi connectivity index (χ3v) is 3.29. The largest absolute Gasteiger partial charge is 0.478 e. The molecule has 3 N–H and O–H groups in total. The first kappa shape index (κ1) is 14.5. The average molecular weight is 308 g/mol. The lowest BCUT2D eigenvalue weighted by atomic mass is 10.1. The van der Waals surface area contributed by atoms with Gasteiger partial charge in [-0.05, 0) is 30.3 Å². The number of hydrogen-bond acceptors (Lipinski definition) is 4. The van der Waals surface area contributed by atoms with Crippen molar-refractivity contribution in [1.29, 1.82) is 0 Å². The van der Waals surface area contributed by atoms with Gasteiger partial charge in [-0.2, -0.15) is 0 Å². The summed E-state index contributed by atoms with van der Waals surface area (Å²) in [6, 6.07) is 13.1. The maximum Gasteiger partial charge on any atom is 0.335 e. The van der Waals surface area contributed by atoms with Crippen LogP contribution in [-0.4, -0.2) is 32.0 Å². The van der Waals surface area contributed by atoms with Crippen molar-refractivity contribution in [2.75, 3.05) is 0 Å². The van der Waals surface area contributed by atoms with Crippen molar-refractivity contribution in [1.82, 2.24) is 15.0 Å². The number of rotatable bonds is 4. The van der Waals surface area contributed by atoms with Crippen LogP contribution in [-0.2, 0) is 0 Å². The van der Waals surface area contributed by atoms with Crippen molar-refractivity contribution >= 4 is 11.9 Å². The highest BCUT2D eigenvalue weighted by molar-refractivity contribution is 5.94. The van der Waals surface area contributed by atoms with Crippen molar-refractivity contribution in [2.24, 2.45) is 5.73 Å². The van der Waals surface area contributed by atoms with Crippen molar-refractivity contribution < 1.29 is 14.7 Å². The third kappa shape index (κ3) is 2.93. The molecule has 114 valence electrons. The summed E-state index contributed by atoms with van der Waals surface area (Å²) < 4.78 is 1.47. The van der Waals surface area contributed by atoms with Gasteiger partial charge in [0.25, 0.3) is 0 Å². The van der Waals surface area contributed by atoms with Gasteiger partial charge in [0.2, 0.25) is 5.91 Å². The predicted molar refractivity (Wildman–Crippen MR) is 82.3 cm³/mol. The number of carbonyl (C=O) groups is 2. The smallest absolute Gasteiger partial charge is 0.335 e. The summed E-state index contributed by atoms with van der Waals surface area (Å²) in [6.45, 7) is 0. The Morgan fingerprint density at radius 3 is 2.52 bits per heavy atom. The van der Waals surface area contributed by atoms with Gasteiger partial charge in [0.15, 0.2) is 0 Å². The lowest BCUT2D eigenvalue weighted by Crippen LogP contribution is -2.10. The zero-order chi connectivity index (χ0) is 16.4. The topological polar surface area (TPSA) is 111 Å². The Morgan fingerprint density at radius 1 is 1.04 bits per heavy atom. The van der Waals surface area contributed by atoms with Crippen LogP contribution in [0, 0.1) is 0 Å². The van der Waals surface area contributed by atoms with Crippen LogP contribution in [0.3, 0.4) is 0 Å². The molecule has 0 saturated carbocycles. The Morgan fingerprint density at radius 2 is 1.78 bits per heavy atom. The second-order valence-electron chi connectivity index (χ2n) is 4.85. The van der Waals surface area contributed by atoms with E-state index in [0.29, 0.717) is 22.5 Å². The highest BCUT2D eigenvalue weighted by Crippen LogP contribution is 2.19. The number of carboxylic acids is 1. The fourth-order valence-electron chi connectivity index (χ4n) is 2.14. The van der Waals surface area contributed by atoms with Crippen molar-refractivity contribution in [3.8, 4) is 16.9 Å². The fourth-order valence-corrected chi connectivity index (χ4v) is 2.14. The first-order chi connectivity index (χ1) is 11.0. The zero-order valence-corrected chi connectivity index (χ0v) is 11.9. The van der Waals surface area contributed by atoms with Crippen LogP contribution < -0.4 is 5.73 Å². The molecule has 0 saturated heterocycles. The number of benzene rings is 2. The number of aromatic carboxylic acids is 1. The van der Waals surface area contributed by atoms with Crippen LogP contribution >= 0.6 is 0 Å². The van der Waals surface area contributed by atoms with E-state index in [9.17, 15) is 9.59 Å². The number of hydrogen-bond donors (Lipinski definition) is 2. The van der Waals surface area contributed by atoms with E-state index in [1.807, 2.05) is 0 Å². The number of primary amides is 1. The van der Waals surface area contributed by atoms with Gasteiger partial charge in [0, 0.05) is 11.1 Å². The van der Waals surface area contributed by atoms with E-state index in [2.05, 4.69) is 10.3 Å². The second-order valence-corrected chi connectivity index (χ2v) is 4.85. The minimum Gasteiger partial charge on any atom is -0.478 e. The van der Waals surface area contributed by atoms with E-state index in [-0.39, 0.29) is 5.56 Å². The lowest BCUT2D eigenvalue weighted by molar-refractivity contribution is 0.0696. The van der Waals surface area contributed by atoms with Gasteiger partial charge in [-0.1, -0.05) is 23.4 Å². The molecule has 0 radical (unpaired) electrons. The number of aromatic nitrogens is 3. The quantitative estimate of drug-likeness (QED) is 0.762. The second kappa shape index (κ2) is 5.72. The first-order valence-corrected chi connectivity index (χ1v) is 6.71. The molecule has 0 fully saturated rings. The molecule has 0 aliphatic carbocycles. The molecule has 0 unspecified atom stereocenters. The number of carbonyl (C=O) groups excluding carboxylic acids is 1.